The van der Waals surface area contributed by atoms with Crippen molar-refractivity contribution in [3.05, 3.63) is 0 Å². The van der Waals surface area contributed by atoms with Crippen molar-refractivity contribution in [3.63, 3.8) is 0 Å². The summed E-state index contributed by atoms with van der Waals surface area (Å²) >= 11 is 0. The molecular formula is C74H139O24P. The highest BCUT2D eigenvalue weighted by Crippen LogP contribution is 2.49. The average molecular weight is 1440 g/mol. The van der Waals surface area contributed by atoms with Gasteiger partial charge in [-0.25, -0.2) is 4.57 Å². The maximum Gasteiger partial charge on any atom is 0.472 e. The lowest BCUT2D eigenvalue weighted by Gasteiger charge is -2.49. The van der Waals surface area contributed by atoms with E-state index in [9.17, 15) is 74.9 Å². The standard InChI is InChI=1S/C74H139O24P/c1-4-7-10-13-16-19-22-25-27-29-32-35-38-41-44-47-50-60(78)93-55(52-90-58(76)48-45-42-39-36-34-31-28-26-23-20-17-14-11-8-5-2)53-92-99(88,89)98-72-70(96-73-68(86)63(81)61(79)56(51-75)94-73)66(84)65(83)67(85)71(72)97-74-69(87)64(82)62(80)57(95-74)54-91-59(77)49-46-43-40-37-33-30-24-21-18-15-12-9-6-3/h55-57,61-75,79-87H,4-54H2,1-3H3,(H,88,89). The van der Waals surface area contributed by atoms with E-state index in [1.54, 1.807) is 0 Å². The molecule has 3 fully saturated rings. The van der Waals surface area contributed by atoms with E-state index in [-0.39, 0.29) is 19.3 Å². The first-order valence-corrected chi connectivity index (χ1v) is 40.8. The van der Waals surface area contributed by atoms with E-state index in [1.165, 1.54) is 173 Å². The summed E-state index contributed by atoms with van der Waals surface area (Å²) in [6.45, 7) is 3.49. The lowest BCUT2D eigenvalue weighted by Crippen LogP contribution is -2.69. The Hall–Kier alpha value is -2.04. The second kappa shape index (κ2) is 56.3. The summed E-state index contributed by atoms with van der Waals surface area (Å²) in [5.41, 5.74) is 0. The number of aliphatic hydroxyl groups is 10. The van der Waals surface area contributed by atoms with Crippen molar-refractivity contribution in [2.24, 2.45) is 0 Å². The zero-order valence-electron chi connectivity index (χ0n) is 61.1. The highest BCUT2D eigenvalue weighted by Gasteiger charge is 2.58. The second-order valence-corrected chi connectivity index (χ2v) is 29.8. The number of rotatable bonds is 62. The summed E-state index contributed by atoms with van der Waals surface area (Å²) < 4.78 is 65.1. The minimum atomic E-state index is -5.69. The first kappa shape index (κ1) is 91.2. The topological polar surface area (TPSA) is 374 Å². The SMILES string of the molecule is CCCCCCCCCCCCCCCCCCC(=O)OC(COC(=O)CCCCCCCCCCCCCCCCC)COP(=O)(O)OC1C(OC2OC(CO)C(O)C(O)C2O)C(O)C(O)C(O)C1OC1OC(COC(=O)CCCCCCCCCCCCCCC)C(O)C(O)C1O. The molecule has 0 spiro atoms. The predicted molar refractivity (Wildman–Crippen MR) is 375 cm³/mol. The summed E-state index contributed by atoms with van der Waals surface area (Å²) in [5.74, 6) is -1.97. The zero-order chi connectivity index (χ0) is 72.5. The summed E-state index contributed by atoms with van der Waals surface area (Å²) in [4.78, 5) is 51.1. The van der Waals surface area contributed by atoms with Crippen LogP contribution in [0.3, 0.4) is 0 Å². The predicted octanol–water partition coefficient (Wildman–Crippen LogP) is 11.4. The van der Waals surface area contributed by atoms with Crippen molar-refractivity contribution in [2.75, 3.05) is 26.4 Å². The van der Waals surface area contributed by atoms with E-state index in [0.29, 0.717) is 19.3 Å². The van der Waals surface area contributed by atoms with Gasteiger partial charge in [0.05, 0.1) is 13.2 Å². The molecule has 3 aliphatic rings. The van der Waals surface area contributed by atoms with Gasteiger partial charge in [0.25, 0.3) is 0 Å². The Morgan fingerprint density at radius 2 is 0.646 bits per heavy atom. The van der Waals surface area contributed by atoms with Crippen LogP contribution in [0, 0.1) is 0 Å². The minimum absolute atomic E-state index is 0.0327. The molecule has 3 rings (SSSR count). The van der Waals surface area contributed by atoms with Crippen LogP contribution in [0.15, 0.2) is 0 Å². The first-order chi connectivity index (χ1) is 47.8. The third-order valence-corrected chi connectivity index (χ3v) is 20.6. The number of esters is 3. The smallest absolute Gasteiger partial charge is 0.463 e. The number of phosphoric acid groups is 1. The van der Waals surface area contributed by atoms with Crippen LogP contribution in [0.25, 0.3) is 0 Å². The molecule has 2 saturated heterocycles. The molecule has 584 valence electrons. The molecule has 0 aromatic heterocycles. The lowest BCUT2D eigenvalue weighted by atomic mass is 9.84. The van der Waals surface area contributed by atoms with Gasteiger partial charge in [0, 0.05) is 19.3 Å². The summed E-state index contributed by atoms with van der Waals surface area (Å²) in [6, 6.07) is 0. The molecular weight excluding hydrogens is 1300 g/mol. The van der Waals surface area contributed by atoms with Gasteiger partial charge in [0.15, 0.2) is 18.7 Å². The highest BCUT2D eigenvalue weighted by atomic mass is 31.2. The van der Waals surface area contributed by atoms with E-state index in [4.69, 9.17) is 42.2 Å². The fourth-order valence-electron chi connectivity index (χ4n) is 13.2. The number of carbonyl (C=O) groups excluding carboxylic acids is 3. The van der Waals surface area contributed by atoms with Gasteiger partial charge in [-0.05, 0) is 19.3 Å². The van der Waals surface area contributed by atoms with Gasteiger partial charge in [0.2, 0.25) is 0 Å². The molecule has 25 heteroatoms. The quantitative estimate of drug-likeness (QED) is 0.0117. The van der Waals surface area contributed by atoms with Crippen LogP contribution in [0.4, 0.5) is 0 Å². The summed E-state index contributed by atoms with van der Waals surface area (Å²) in [7, 11) is -5.69. The second-order valence-electron chi connectivity index (χ2n) is 28.4. The summed E-state index contributed by atoms with van der Waals surface area (Å²) in [5, 5.41) is 110. The van der Waals surface area contributed by atoms with E-state index >= 15 is 0 Å². The Kier molecular flexibility index (Phi) is 51.9. The number of carbonyl (C=O) groups is 3. The average Bonchev–Trinajstić information content (AvgIpc) is 0.734. The Bertz CT molecular complexity index is 2050. The largest absolute Gasteiger partial charge is 0.472 e. The minimum Gasteiger partial charge on any atom is -0.463 e. The number of phosphoric ester groups is 1. The molecule has 11 N–H and O–H groups in total. The molecule has 0 amide bonds. The maximum atomic E-state index is 14.4. The molecule has 1 aliphatic carbocycles. The van der Waals surface area contributed by atoms with Gasteiger partial charge in [-0.15, -0.1) is 0 Å². The number of unbranched alkanes of at least 4 members (excludes halogenated alkanes) is 41. The Balaban J connectivity index is 1.72. The maximum absolute atomic E-state index is 14.4. The van der Waals surface area contributed by atoms with Gasteiger partial charge in [0.1, 0.15) is 98.7 Å². The molecule has 0 aromatic rings. The molecule has 2 heterocycles. The van der Waals surface area contributed by atoms with Gasteiger partial charge >= 0.3 is 25.7 Å². The number of aliphatic hydroxyl groups excluding tert-OH is 10. The third kappa shape index (κ3) is 39.2. The van der Waals surface area contributed by atoms with Crippen molar-refractivity contribution in [1.29, 1.82) is 0 Å². The van der Waals surface area contributed by atoms with Crippen LogP contribution in [0.2, 0.25) is 0 Å². The van der Waals surface area contributed by atoms with Crippen molar-refractivity contribution >= 4 is 25.7 Å². The fraction of sp³-hybridized carbons (Fsp3) is 0.959. The number of ether oxygens (including phenoxy) is 7. The number of hydrogen-bond donors (Lipinski definition) is 11. The van der Waals surface area contributed by atoms with Crippen LogP contribution in [0.1, 0.15) is 323 Å². The normalized spacial score (nSPS) is 27.4. The van der Waals surface area contributed by atoms with Crippen LogP contribution in [-0.4, -0.2) is 204 Å². The van der Waals surface area contributed by atoms with Crippen LogP contribution >= 0.6 is 7.82 Å². The van der Waals surface area contributed by atoms with Crippen LogP contribution in [-0.2, 0) is 61.2 Å². The van der Waals surface area contributed by atoms with E-state index in [0.717, 1.165) is 89.9 Å². The van der Waals surface area contributed by atoms with Crippen molar-refractivity contribution in [3.8, 4) is 0 Å². The van der Waals surface area contributed by atoms with E-state index < -0.39 is 156 Å². The highest BCUT2D eigenvalue weighted by molar-refractivity contribution is 7.47. The monoisotopic (exact) mass is 1440 g/mol. The molecule has 2 aliphatic heterocycles. The molecule has 0 aromatic carbocycles. The molecule has 99 heavy (non-hydrogen) atoms. The van der Waals surface area contributed by atoms with Crippen LogP contribution in [0.5, 0.6) is 0 Å². The Labute approximate surface area is 593 Å². The zero-order valence-corrected chi connectivity index (χ0v) is 61.9. The van der Waals surface area contributed by atoms with E-state index in [1.807, 2.05) is 0 Å². The Morgan fingerprint density at radius 1 is 0.354 bits per heavy atom. The van der Waals surface area contributed by atoms with Gasteiger partial charge in [-0.3, -0.25) is 23.4 Å². The summed E-state index contributed by atoms with van der Waals surface area (Å²) in [6.07, 6.45) is 14.4. The van der Waals surface area contributed by atoms with Gasteiger partial charge in [-0.1, -0.05) is 284 Å². The van der Waals surface area contributed by atoms with Gasteiger partial charge < -0.3 is 89.1 Å². The first-order valence-electron chi connectivity index (χ1n) is 39.3. The molecule has 18 unspecified atom stereocenters. The van der Waals surface area contributed by atoms with Crippen molar-refractivity contribution in [2.45, 2.75) is 427 Å². The van der Waals surface area contributed by atoms with Crippen molar-refractivity contribution in [1.82, 2.24) is 0 Å². The molecule has 0 radical (unpaired) electrons. The molecule has 0 bridgehead atoms. The molecule has 1 saturated carbocycles. The van der Waals surface area contributed by atoms with E-state index in [2.05, 4.69) is 20.8 Å². The lowest BCUT2D eigenvalue weighted by molar-refractivity contribution is -0.360. The molecule has 18 atom stereocenters. The Morgan fingerprint density at radius 3 is 0.990 bits per heavy atom. The molecule has 24 nitrogen and oxygen atoms in total. The van der Waals surface area contributed by atoms with Crippen molar-refractivity contribution < 1.29 is 117 Å². The fourth-order valence-corrected chi connectivity index (χ4v) is 14.2. The van der Waals surface area contributed by atoms with Crippen LogP contribution < -0.4 is 0 Å². The number of hydrogen-bond acceptors (Lipinski definition) is 23. The third-order valence-electron chi connectivity index (χ3n) is 19.6. The van der Waals surface area contributed by atoms with Gasteiger partial charge in [-0.2, -0.15) is 0 Å².